The lowest BCUT2D eigenvalue weighted by Crippen LogP contribution is -2.37. The van der Waals surface area contributed by atoms with Crippen LogP contribution in [0.3, 0.4) is 0 Å². The molecule has 2 aromatic heterocycles. The van der Waals surface area contributed by atoms with Gasteiger partial charge in [0.2, 0.25) is 0 Å². The molecule has 0 aliphatic rings. The molecule has 0 aliphatic heterocycles. The van der Waals surface area contributed by atoms with Crippen LogP contribution >= 0.6 is 0 Å². The highest BCUT2D eigenvalue weighted by atomic mass is 32.2. The van der Waals surface area contributed by atoms with Gasteiger partial charge in [0.15, 0.2) is 11.2 Å². The predicted octanol–water partition coefficient (Wildman–Crippen LogP) is -1.78. The van der Waals surface area contributed by atoms with E-state index in [-0.39, 0.29) is 11.2 Å². The zero-order valence-electron chi connectivity index (χ0n) is 9.78. The molecule has 0 unspecified atom stereocenters. The van der Waals surface area contributed by atoms with E-state index in [1.54, 1.807) is 0 Å². The minimum Gasteiger partial charge on any atom is -0.310 e. The minimum atomic E-state index is -4.57. The second-order valence-corrected chi connectivity index (χ2v) is 5.12. The summed E-state index contributed by atoms with van der Waals surface area (Å²) in [6.07, 6.45) is 0. The molecule has 98 valence electrons. The number of hydrogen-bond acceptors (Lipinski definition) is 5. The molecule has 10 heteroatoms. The van der Waals surface area contributed by atoms with Crippen molar-refractivity contribution in [3.05, 3.63) is 20.8 Å². The van der Waals surface area contributed by atoms with Gasteiger partial charge in [-0.2, -0.15) is 13.4 Å². The zero-order chi connectivity index (χ0) is 13.8. The first-order valence-corrected chi connectivity index (χ1v) is 6.20. The summed E-state index contributed by atoms with van der Waals surface area (Å²) in [6, 6.07) is 0. The lowest BCUT2D eigenvalue weighted by atomic mass is 10.5. The van der Waals surface area contributed by atoms with Crippen LogP contribution in [0.25, 0.3) is 11.2 Å². The van der Waals surface area contributed by atoms with Gasteiger partial charge in [0.05, 0.1) is 0 Å². The van der Waals surface area contributed by atoms with Crippen LogP contribution in [0.1, 0.15) is 0 Å². The van der Waals surface area contributed by atoms with Gasteiger partial charge in [0.1, 0.15) is 0 Å². The van der Waals surface area contributed by atoms with Crippen LogP contribution in [-0.2, 0) is 31.3 Å². The van der Waals surface area contributed by atoms with E-state index in [1.165, 1.54) is 21.1 Å². The molecule has 0 fully saturated rings. The molecule has 0 atom stereocenters. The first-order valence-electron chi connectivity index (χ1n) is 4.76. The second-order valence-electron chi connectivity index (χ2n) is 3.81. The van der Waals surface area contributed by atoms with Gasteiger partial charge >= 0.3 is 15.8 Å². The predicted molar refractivity (Wildman–Crippen MR) is 61.0 cm³/mol. The number of aryl methyl sites for hydroxylation is 2. The van der Waals surface area contributed by atoms with Crippen molar-refractivity contribution in [2.24, 2.45) is 21.1 Å². The molecular weight excluding hydrogens is 264 g/mol. The number of hydrogen-bond donors (Lipinski definition) is 1. The van der Waals surface area contributed by atoms with Crippen molar-refractivity contribution in [1.82, 2.24) is 18.7 Å². The van der Waals surface area contributed by atoms with Gasteiger partial charge in [-0.05, 0) is 0 Å². The SMILES string of the molecule is Cn1c(=O)c2c(nc(S(=O)(=O)O)n2C)n(C)c1=O. The normalized spacial score (nSPS) is 12.2. The third kappa shape index (κ3) is 1.49. The minimum absolute atomic E-state index is 0.0766. The van der Waals surface area contributed by atoms with Crippen LogP contribution in [0.4, 0.5) is 0 Å². The molecule has 0 aliphatic carbocycles. The van der Waals surface area contributed by atoms with Crippen molar-refractivity contribution in [3.8, 4) is 0 Å². The summed E-state index contributed by atoms with van der Waals surface area (Å²) in [5, 5.41) is -0.684. The lowest BCUT2D eigenvalue weighted by Gasteiger charge is -2.02. The lowest BCUT2D eigenvalue weighted by molar-refractivity contribution is 0.469. The van der Waals surface area contributed by atoms with Gasteiger partial charge in [-0.1, -0.05) is 0 Å². The molecule has 2 heterocycles. The van der Waals surface area contributed by atoms with Gasteiger partial charge in [-0.15, -0.1) is 0 Å². The summed E-state index contributed by atoms with van der Waals surface area (Å²) in [5.74, 6) is 0. The average Bonchev–Trinajstić information content (AvgIpc) is 2.61. The van der Waals surface area contributed by atoms with Crippen LogP contribution in [-0.4, -0.2) is 31.7 Å². The Morgan fingerprint density at radius 2 is 1.61 bits per heavy atom. The molecule has 1 N–H and O–H groups in total. The summed E-state index contributed by atoms with van der Waals surface area (Å²) in [7, 11) is -0.678. The number of aromatic nitrogens is 4. The summed E-state index contributed by atoms with van der Waals surface area (Å²) >= 11 is 0. The van der Waals surface area contributed by atoms with E-state index in [9.17, 15) is 18.0 Å². The highest BCUT2D eigenvalue weighted by Gasteiger charge is 2.23. The van der Waals surface area contributed by atoms with Gasteiger partial charge < -0.3 is 4.57 Å². The molecule has 0 aromatic carbocycles. The maximum Gasteiger partial charge on any atom is 0.332 e. The summed E-state index contributed by atoms with van der Waals surface area (Å²) in [4.78, 5) is 27.1. The van der Waals surface area contributed by atoms with Crippen LogP contribution in [0, 0.1) is 0 Å². The average molecular weight is 274 g/mol. The maximum atomic E-state index is 11.9. The van der Waals surface area contributed by atoms with Gasteiger partial charge in [-0.3, -0.25) is 18.5 Å². The fourth-order valence-electron chi connectivity index (χ4n) is 1.73. The summed E-state index contributed by atoms with van der Waals surface area (Å²) in [6.45, 7) is 0. The smallest absolute Gasteiger partial charge is 0.310 e. The number of rotatable bonds is 1. The topological polar surface area (TPSA) is 116 Å². The fraction of sp³-hybridized carbons (Fsp3) is 0.375. The Labute approximate surface area is 101 Å². The number of fused-ring (bicyclic) bond motifs is 1. The fourth-order valence-corrected chi connectivity index (χ4v) is 2.37. The molecule has 0 spiro atoms. The van der Waals surface area contributed by atoms with E-state index < -0.39 is 26.5 Å². The molecule has 2 rings (SSSR count). The highest BCUT2D eigenvalue weighted by Crippen LogP contribution is 2.12. The standard InChI is InChI=1S/C8H10N4O5S/c1-10-4-5(9-7(10)18(15,16)17)11(2)8(14)12(3)6(4)13/h1-3H3,(H,15,16,17). The summed E-state index contributed by atoms with van der Waals surface area (Å²) in [5.41, 5.74) is -1.49. The van der Waals surface area contributed by atoms with Crippen molar-refractivity contribution in [2.75, 3.05) is 0 Å². The van der Waals surface area contributed by atoms with E-state index in [0.717, 1.165) is 13.7 Å². The molecule has 0 amide bonds. The van der Waals surface area contributed by atoms with E-state index in [4.69, 9.17) is 4.55 Å². The van der Waals surface area contributed by atoms with Crippen molar-refractivity contribution >= 4 is 21.3 Å². The van der Waals surface area contributed by atoms with Gasteiger partial charge in [-0.25, -0.2) is 4.79 Å². The Morgan fingerprint density at radius 1 is 1.06 bits per heavy atom. The van der Waals surface area contributed by atoms with Crippen LogP contribution < -0.4 is 11.2 Å². The monoisotopic (exact) mass is 274 g/mol. The molecule has 9 nitrogen and oxygen atoms in total. The van der Waals surface area contributed by atoms with Crippen molar-refractivity contribution < 1.29 is 13.0 Å². The van der Waals surface area contributed by atoms with E-state index >= 15 is 0 Å². The highest BCUT2D eigenvalue weighted by molar-refractivity contribution is 7.85. The molecule has 0 bridgehead atoms. The third-order valence-electron chi connectivity index (χ3n) is 2.67. The Balaban J connectivity index is 3.19. The van der Waals surface area contributed by atoms with Crippen molar-refractivity contribution in [3.63, 3.8) is 0 Å². The van der Waals surface area contributed by atoms with Crippen LogP contribution in [0.5, 0.6) is 0 Å². The molecule has 2 aromatic rings. The molecule has 0 radical (unpaired) electrons. The van der Waals surface area contributed by atoms with Gasteiger partial charge in [0.25, 0.3) is 10.7 Å². The van der Waals surface area contributed by atoms with Crippen LogP contribution in [0.2, 0.25) is 0 Å². The van der Waals surface area contributed by atoms with Crippen molar-refractivity contribution in [2.45, 2.75) is 5.16 Å². The first-order chi connectivity index (χ1) is 8.16. The second kappa shape index (κ2) is 3.53. The number of imidazole rings is 1. The van der Waals surface area contributed by atoms with Crippen LogP contribution in [0.15, 0.2) is 14.7 Å². The van der Waals surface area contributed by atoms with E-state index in [1.807, 2.05) is 0 Å². The van der Waals surface area contributed by atoms with E-state index in [2.05, 4.69) is 4.98 Å². The zero-order valence-corrected chi connectivity index (χ0v) is 10.6. The molecule has 0 saturated heterocycles. The van der Waals surface area contributed by atoms with Crippen molar-refractivity contribution in [1.29, 1.82) is 0 Å². The Morgan fingerprint density at radius 3 is 2.11 bits per heavy atom. The quantitative estimate of drug-likeness (QED) is 0.614. The molecular formula is C8H10N4O5S. The molecule has 18 heavy (non-hydrogen) atoms. The largest absolute Gasteiger partial charge is 0.332 e. The van der Waals surface area contributed by atoms with E-state index in [0.29, 0.717) is 0 Å². The maximum absolute atomic E-state index is 11.9. The Kier molecular flexibility index (Phi) is 2.45. The summed E-state index contributed by atoms with van der Waals surface area (Å²) < 4.78 is 34.0. The van der Waals surface area contributed by atoms with Gasteiger partial charge in [0, 0.05) is 21.1 Å². The third-order valence-corrected chi connectivity index (χ3v) is 3.49. The number of nitrogens with zero attached hydrogens (tertiary/aromatic N) is 4. The first kappa shape index (κ1) is 12.5. The molecule has 0 saturated carbocycles. The Hall–Kier alpha value is -1.94. The Bertz CT molecular complexity index is 869.